The van der Waals surface area contributed by atoms with Gasteiger partial charge in [0, 0.05) is 34.7 Å². The number of hydrogen-bond acceptors (Lipinski definition) is 3. The van der Waals surface area contributed by atoms with Crippen molar-refractivity contribution < 1.29 is 0 Å². The minimum atomic E-state index is 0.181. The number of benzene rings is 1. The largest absolute Gasteiger partial charge is 0.374 e. The van der Waals surface area contributed by atoms with E-state index in [2.05, 4.69) is 70.5 Å². The highest BCUT2D eigenvalue weighted by Crippen LogP contribution is 2.26. The molecule has 0 saturated heterocycles. The van der Waals surface area contributed by atoms with Gasteiger partial charge in [-0.2, -0.15) is 0 Å². The maximum absolute atomic E-state index is 5.95. The summed E-state index contributed by atoms with van der Waals surface area (Å²) < 4.78 is 1.11. The summed E-state index contributed by atoms with van der Waals surface area (Å²) in [6, 6.07) is 10.9. The zero-order valence-electron chi connectivity index (χ0n) is 12.0. The fourth-order valence-corrected chi connectivity index (χ4v) is 3.31. The number of likely N-dealkylation sites (N-methyl/N-ethyl adjacent to an activating group) is 1. The van der Waals surface area contributed by atoms with Gasteiger partial charge >= 0.3 is 0 Å². The number of halogens is 1. The second-order valence-electron chi connectivity index (χ2n) is 5.21. The van der Waals surface area contributed by atoms with Crippen LogP contribution < -0.4 is 10.6 Å². The summed E-state index contributed by atoms with van der Waals surface area (Å²) in [4.78, 5) is 3.75. The van der Waals surface area contributed by atoms with Crippen LogP contribution in [0.15, 0.2) is 40.2 Å². The molecule has 0 aliphatic heterocycles. The van der Waals surface area contributed by atoms with Gasteiger partial charge in [0.1, 0.15) is 0 Å². The summed E-state index contributed by atoms with van der Waals surface area (Å²) >= 11 is 5.39. The maximum Gasteiger partial charge on any atom is 0.0408 e. The first-order chi connectivity index (χ1) is 9.56. The van der Waals surface area contributed by atoms with Gasteiger partial charge in [-0.05, 0) is 48.9 Å². The quantitative estimate of drug-likeness (QED) is 0.848. The molecule has 0 amide bonds. The van der Waals surface area contributed by atoms with Crippen molar-refractivity contribution in [1.82, 2.24) is 0 Å². The van der Waals surface area contributed by atoms with E-state index in [9.17, 15) is 0 Å². The minimum Gasteiger partial charge on any atom is -0.374 e. The van der Waals surface area contributed by atoms with Crippen LogP contribution in [0, 0.1) is 0 Å². The molecule has 108 valence electrons. The van der Waals surface area contributed by atoms with Crippen molar-refractivity contribution >= 4 is 33.0 Å². The summed E-state index contributed by atoms with van der Waals surface area (Å²) in [6.07, 6.45) is 1.99. The van der Waals surface area contributed by atoms with E-state index in [-0.39, 0.29) is 6.04 Å². The van der Waals surface area contributed by atoms with E-state index >= 15 is 0 Å². The number of nitrogens with two attached hydrogens (primary N) is 1. The van der Waals surface area contributed by atoms with E-state index in [4.69, 9.17) is 5.73 Å². The minimum absolute atomic E-state index is 0.181. The highest BCUT2D eigenvalue weighted by Gasteiger charge is 2.10. The van der Waals surface area contributed by atoms with E-state index in [1.807, 2.05) is 11.3 Å². The molecule has 0 saturated carbocycles. The van der Waals surface area contributed by atoms with Crippen molar-refractivity contribution in [2.75, 3.05) is 18.5 Å². The van der Waals surface area contributed by atoms with Crippen LogP contribution in [-0.2, 0) is 12.8 Å². The topological polar surface area (TPSA) is 29.3 Å². The summed E-state index contributed by atoms with van der Waals surface area (Å²) in [5, 5.41) is 2.13. The summed E-state index contributed by atoms with van der Waals surface area (Å²) in [7, 11) is 2.15. The van der Waals surface area contributed by atoms with Crippen LogP contribution in [0.1, 0.15) is 17.4 Å². The Morgan fingerprint density at radius 1 is 1.35 bits per heavy atom. The molecule has 2 nitrogen and oxygen atoms in total. The first-order valence-corrected chi connectivity index (χ1v) is 8.51. The molecule has 4 heteroatoms. The van der Waals surface area contributed by atoms with Crippen molar-refractivity contribution in [3.8, 4) is 0 Å². The van der Waals surface area contributed by atoms with Crippen LogP contribution in [0.4, 0.5) is 5.69 Å². The van der Waals surface area contributed by atoms with Crippen LogP contribution in [0.25, 0.3) is 0 Å². The second-order valence-corrected chi connectivity index (χ2v) is 7.15. The van der Waals surface area contributed by atoms with Gasteiger partial charge in [-0.15, -0.1) is 11.3 Å². The molecule has 1 aromatic carbocycles. The summed E-state index contributed by atoms with van der Waals surface area (Å²) in [6.45, 7) is 3.07. The molecule has 0 radical (unpaired) electrons. The normalized spacial score (nSPS) is 12.4. The molecule has 0 spiro atoms. The van der Waals surface area contributed by atoms with Gasteiger partial charge in [-0.1, -0.05) is 28.1 Å². The molecule has 1 heterocycles. The smallest absolute Gasteiger partial charge is 0.0408 e. The molecule has 20 heavy (non-hydrogen) atoms. The van der Waals surface area contributed by atoms with Crippen LogP contribution in [-0.4, -0.2) is 19.6 Å². The molecular weight excluding hydrogens is 332 g/mol. The van der Waals surface area contributed by atoms with Gasteiger partial charge in [0.25, 0.3) is 0 Å². The van der Waals surface area contributed by atoms with Crippen molar-refractivity contribution in [3.05, 3.63) is 50.6 Å². The summed E-state index contributed by atoms with van der Waals surface area (Å²) in [5.41, 5.74) is 8.54. The summed E-state index contributed by atoms with van der Waals surface area (Å²) in [5.74, 6) is 0. The van der Waals surface area contributed by atoms with E-state index < -0.39 is 0 Å². The molecule has 0 aliphatic rings. The first kappa shape index (κ1) is 15.5. The van der Waals surface area contributed by atoms with Crippen LogP contribution in [0.2, 0.25) is 0 Å². The molecule has 2 N–H and O–H groups in total. The predicted molar refractivity (Wildman–Crippen MR) is 92.8 cm³/mol. The average Bonchev–Trinajstić information content (AvgIpc) is 2.90. The van der Waals surface area contributed by atoms with Gasteiger partial charge in [-0.3, -0.25) is 0 Å². The lowest BCUT2D eigenvalue weighted by atomic mass is 10.0. The Morgan fingerprint density at radius 2 is 2.15 bits per heavy atom. The lowest BCUT2D eigenvalue weighted by Crippen LogP contribution is -2.24. The fourth-order valence-electron chi connectivity index (χ4n) is 2.27. The standard InChI is InChI=1S/C16H21BrN2S/c1-12(18)10-13-5-6-14(17)11-16(13)19(2)8-7-15-4-3-9-20-15/h3-6,9,11-12H,7-8,10,18H2,1-2H3. The molecular formula is C16H21BrN2S. The van der Waals surface area contributed by atoms with Crippen molar-refractivity contribution in [3.63, 3.8) is 0 Å². The Balaban J connectivity index is 2.10. The molecule has 1 atom stereocenters. The Morgan fingerprint density at radius 3 is 2.80 bits per heavy atom. The second kappa shape index (κ2) is 7.25. The van der Waals surface area contributed by atoms with E-state index in [1.54, 1.807) is 0 Å². The van der Waals surface area contributed by atoms with Crippen LogP contribution >= 0.6 is 27.3 Å². The highest BCUT2D eigenvalue weighted by molar-refractivity contribution is 9.10. The third-order valence-electron chi connectivity index (χ3n) is 3.27. The Kier molecular flexibility index (Phi) is 5.64. The third kappa shape index (κ3) is 4.33. The lowest BCUT2D eigenvalue weighted by Gasteiger charge is -2.23. The van der Waals surface area contributed by atoms with E-state index in [1.165, 1.54) is 16.1 Å². The molecule has 0 bridgehead atoms. The van der Waals surface area contributed by atoms with E-state index in [0.717, 1.165) is 23.9 Å². The van der Waals surface area contributed by atoms with Crippen molar-refractivity contribution in [2.45, 2.75) is 25.8 Å². The van der Waals surface area contributed by atoms with Gasteiger partial charge in [-0.25, -0.2) is 0 Å². The maximum atomic E-state index is 5.95. The fraction of sp³-hybridized carbons (Fsp3) is 0.375. The third-order valence-corrected chi connectivity index (χ3v) is 4.70. The Bertz CT molecular complexity index is 537. The molecule has 2 aromatic rings. The molecule has 1 unspecified atom stereocenters. The monoisotopic (exact) mass is 352 g/mol. The predicted octanol–water partition coefficient (Wildman–Crippen LogP) is 4.08. The number of hydrogen-bond donors (Lipinski definition) is 1. The van der Waals surface area contributed by atoms with Gasteiger partial charge in [0.05, 0.1) is 0 Å². The Labute approximate surface area is 133 Å². The van der Waals surface area contributed by atoms with Gasteiger partial charge in [0.2, 0.25) is 0 Å². The zero-order valence-corrected chi connectivity index (χ0v) is 14.4. The average molecular weight is 353 g/mol. The molecule has 1 aromatic heterocycles. The number of nitrogens with zero attached hydrogens (tertiary/aromatic N) is 1. The number of thiophene rings is 1. The van der Waals surface area contributed by atoms with E-state index in [0.29, 0.717) is 0 Å². The first-order valence-electron chi connectivity index (χ1n) is 6.84. The SMILES string of the molecule is CC(N)Cc1ccc(Br)cc1N(C)CCc1cccs1. The van der Waals surface area contributed by atoms with Crippen LogP contribution in [0.5, 0.6) is 0 Å². The van der Waals surface area contributed by atoms with Crippen molar-refractivity contribution in [2.24, 2.45) is 5.73 Å². The lowest BCUT2D eigenvalue weighted by molar-refractivity contribution is 0.733. The zero-order chi connectivity index (χ0) is 14.5. The van der Waals surface area contributed by atoms with Crippen molar-refractivity contribution in [1.29, 1.82) is 0 Å². The Hall–Kier alpha value is -0.840. The van der Waals surface area contributed by atoms with Crippen LogP contribution in [0.3, 0.4) is 0 Å². The number of anilines is 1. The molecule has 2 rings (SSSR count). The highest BCUT2D eigenvalue weighted by atomic mass is 79.9. The van der Waals surface area contributed by atoms with Gasteiger partial charge in [0.15, 0.2) is 0 Å². The molecule has 0 aliphatic carbocycles. The van der Waals surface area contributed by atoms with Gasteiger partial charge < -0.3 is 10.6 Å². The molecule has 0 fully saturated rings. The number of rotatable bonds is 6.